The van der Waals surface area contributed by atoms with Crippen molar-refractivity contribution in [2.75, 3.05) is 19.8 Å². The molecule has 0 aliphatic heterocycles. The van der Waals surface area contributed by atoms with Crippen molar-refractivity contribution >= 4 is 5.91 Å². The van der Waals surface area contributed by atoms with Crippen molar-refractivity contribution < 1.29 is 14.3 Å². The van der Waals surface area contributed by atoms with Gasteiger partial charge in [-0.15, -0.1) is 5.10 Å². The van der Waals surface area contributed by atoms with E-state index in [9.17, 15) is 4.79 Å². The first kappa shape index (κ1) is 14.6. The molecule has 0 spiro atoms. The zero-order chi connectivity index (χ0) is 13.4. The molecule has 0 saturated carbocycles. The zero-order valence-electron chi connectivity index (χ0n) is 10.6. The summed E-state index contributed by atoms with van der Waals surface area (Å²) in [5.41, 5.74) is 2.17. The first-order chi connectivity index (χ1) is 8.63. The molecule has 3 N–H and O–H groups in total. The van der Waals surface area contributed by atoms with Crippen LogP contribution >= 0.6 is 0 Å². The van der Waals surface area contributed by atoms with E-state index in [4.69, 9.17) is 15.3 Å². The number of nitrogens with two attached hydrogens (primary N) is 1. The molecular weight excluding hydrogens is 238 g/mol. The molecule has 1 heterocycles. The SMILES string of the molecule is CC(C)OCCOCCn1cc(C(=O)NN)nn1. The Labute approximate surface area is 105 Å². The van der Waals surface area contributed by atoms with Gasteiger partial charge in [0, 0.05) is 0 Å². The number of carbonyl (C=O) groups excluding carboxylic acids is 1. The number of rotatable bonds is 8. The Morgan fingerprint density at radius 3 is 2.94 bits per heavy atom. The first-order valence-electron chi connectivity index (χ1n) is 5.74. The highest BCUT2D eigenvalue weighted by atomic mass is 16.5. The second-order valence-corrected chi connectivity index (χ2v) is 3.87. The Bertz CT molecular complexity index is 366. The van der Waals surface area contributed by atoms with Crippen molar-refractivity contribution in [2.24, 2.45) is 5.84 Å². The number of amides is 1. The fraction of sp³-hybridized carbons (Fsp3) is 0.700. The van der Waals surface area contributed by atoms with Gasteiger partial charge in [0.05, 0.1) is 38.7 Å². The van der Waals surface area contributed by atoms with Gasteiger partial charge in [-0.2, -0.15) is 0 Å². The van der Waals surface area contributed by atoms with Gasteiger partial charge in [-0.25, -0.2) is 10.5 Å². The molecule has 0 radical (unpaired) electrons. The Hall–Kier alpha value is -1.51. The lowest BCUT2D eigenvalue weighted by Gasteiger charge is -2.07. The molecule has 1 amide bonds. The molecule has 0 fully saturated rings. The summed E-state index contributed by atoms with van der Waals surface area (Å²) in [6, 6.07) is 0. The van der Waals surface area contributed by atoms with Crippen molar-refractivity contribution in [3.8, 4) is 0 Å². The van der Waals surface area contributed by atoms with E-state index < -0.39 is 5.91 Å². The van der Waals surface area contributed by atoms with Gasteiger partial charge in [0.1, 0.15) is 0 Å². The highest BCUT2D eigenvalue weighted by molar-refractivity contribution is 5.91. The van der Waals surface area contributed by atoms with Gasteiger partial charge in [-0.3, -0.25) is 10.2 Å². The Morgan fingerprint density at radius 2 is 2.28 bits per heavy atom. The van der Waals surface area contributed by atoms with E-state index in [1.165, 1.54) is 10.9 Å². The quantitative estimate of drug-likeness (QED) is 0.277. The Balaban J connectivity index is 2.16. The number of ether oxygens (including phenoxy) is 2. The fourth-order valence-electron chi connectivity index (χ4n) is 1.19. The highest BCUT2D eigenvalue weighted by Gasteiger charge is 2.08. The van der Waals surface area contributed by atoms with Crippen LogP contribution in [0.2, 0.25) is 0 Å². The Kier molecular flexibility index (Phi) is 6.26. The molecule has 0 unspecified atom stereocenters. The predicted octanol–water partition coefficient (Wildman–Crippen LogP) is -0.677. The van der Waals surface area contributed by atoms with Crippen LogP contribution in [0.25, 0.3) is 0 Å². The molecule has 18 heavy (non-hydrogen) atoms. The third kappa shape index (κ3) is 5.21. The van der Waals surface area contributed by atoms with E-state index in [-0.39, 0.29) is 11.8 Å². The minimum atomic E-state index is -0.465. The maximum absolute atomic E-state index is 11.1. The van der Waals surface area contributed by atoms with Gasteiger partial charge in [0.25, 0.3) is 5.91 Å². The molecule has 1 aromatic heterocycles. The van der Waals surface area contributed by atoms with Crippen molar-refractivity contribution in [1.29, 1.82) is 0 Å². The number of nitrogens with one attached hydrogen (secondary N) is 1. The smallest absolute Gasteiger partial charge is 0.287 e. The molecular formula is C10H19N5O3. The average molecular weight is 257 g/mol. The normalized spacial score (nSPS) is 10.9. The maximum Gasteiger partial charge on any atom is 0.287 e. The summed E-state index contributed by atoms with van der Waals surface area (Å²) >= 11 is 0. The molecule has 0 aromatic carbocycles. The van der Waals surface area contributed by atoms with E-state index in [1.807, 2.05) is 19.3 Å². The van der Waals surface area contributed by atoms with Crippen LogP contribution in [-0.2, 0) is 16.0 Å². The van der Waals surface area contributed by atoms with Crippen molar-refractivity contribution in [3.05, 3.63) is 11.9 Å². The number of nitrogen functional groups attached to an aromatic ring is 1. The summed E-state index contributed by atoms with van der Waals surface area (Å²) in [5, 5.41) is 7.44. The summed E-state index contributed by atoms with van der Waals surface area (Å²) in [4.78, 5) is 11.1. The van der Waals surface area contributed by atoms with E-state index in [2.05, 4.69) is 10.3 Å². The van der Waals surface area contributed by atoms with E-state index in [1.54, 1.807) is 0 Å². The lowest BCUT2D eigenvalue weighted by atomic mass is 10.4. The van der Waals surface area contributed by atoms with Crippen LogP contribution in [0, 0.1) is 0 Å². The van der Waals surface area contributed by atoms with Gasteiger partial charge in [-0.1, -0.05) is 5.21 Å². The monoisotopic (exact) mass is 257 g/mol. The standard InChI is InChI=1S/C10H19N5O3/c1-8(2)18-6-5-17-4-3-15-7-9(13-14-15)10(16)12-11/h7-8H,3-6,11H2,1-2H3,(H,12,16). The lowest BCUT2D eigenvalue weighted by molar-refractivity contribution is 0.0170. The summed E-state index contributed by atoms with van der Waals surface area (Å²) in [6.07, 6.45) is 1.72. The van der Waals surface area contributed by atoms with Crippen molar-refractivity contribution in [1.82, 2.24) is 20.4 Å². The molecule has 0 aliphatic rings. The number of hydrogen-bond donors (Lipinski definition) is 2. The number of aromatic nitrogens is 3. The summed E-state index contributed by atoms with van der Waals surface area (Å²) in [7, 11) is 0. The summed E-state index contributed by atoms with van der Waals surface area (Å²) < 4.78 is 12.2. The highest BCUT2D eigenvalue weighted by Crippen LogP contribution is 1.93. The molecule has 0 aliphatic carbocycles. The number of carbonyl (C=O) groups is 1. The van der Waals surface area contributed by atoms with Crippen LogP contribution in [-0.4, -0.2) is 46.8 Å². The largest absolute Gasteiger partial charge is 0.377 e. The second kappa shape index (κ2) is 7.75. The molecule has 1 aromatic rings. The van der Waals surface area contributed by atoms with E-state index in [0.29, 0.717) is 26.4 Å². The van der Waals surface area contributed by atoms with Gasteiger partial charge in [-0.05, 0) is 13.8 Å². The van der Waals surface area contributed by atoms with Crippen LogP contribution < -0.4 is 11.3 Å². The van der Waals surface area contributed by atoms with E-state index in [0.717, 1.165) is 0 Å². The maximum atomic E-state index is 11.1. The Morgan fingerprint density at radius 1 is 1.50 bits per heavy atom. The second-order valence-electron chi connectivity index (χ2n) is 3.87. The molecule has 8 heteroatoms. The lowest BCUT2D eigenvalue weighted by Crippen LogP contribution is -2.30. The van der Waals surface area contributed by atoms with Crippen LogP contribution in [0.4, 0.5) is 0 Å². The van der Waals surface area contributed by atoms with Crippen LogP contribution in [0.5, 0.6) is 0 Å². The number of hydrazine groups is 1. The molecule has 102 valence electrons. The van der Waals surface area contributed by atoms with Crippen molar-refractivity contribution in [3.63, 3.8) is 0 Å². The summed E-state index contributed by atoms with van der Waals surface area (Å²) in [5.74, 6) is 4.51. The third-order valence-electron chi connectivity index (χ3n) is 2.05. The molecule has 8 nitrogen and oxygen atoms in total. The first-order valence-corrected chi connectivity index (χ1v) is 5.74. The minimum Gasteiger partial charge on any atom is -0.377 e. The van der Waals surface area contributed by atoms with Crippen LogP contribution in [0.1, 0.15) is 24.3 Å². The molecule has 1 rings (SSSR count). The van der Waals surface area contributed by atoms with Gasteiger partial charge >= 0.3 is 0 Å². The molecule has 0 atom stereocenters. The van der Waals surface area contributed by atoms with Gasteiger partial charge < -0.3 is 9.47 Å². The topological polar surface area (TPSA) is 104 Å². The predicted molar refractivity (Wildman–Crippen MR) is 63.6 cm³/mol. The van der Waals surface area contributed by atoms with Crippen LogP contribution in [0.15, 0.2) is 6.20 Å². The zero-order valence-corrected chi connectivity index (χ0v) is 10.6. The number of hydrogen-bond acceptors (Lipinski definition) is 6. The van der Waals surface area contributed by atoms with E-state index >= 15 is 0 Å². The molecule has 0 saturated heterocycles. The van der Waals surface area contributed by atoms with Crippen LogP contribution in [0.3, 0.4) is 0 Å². The fourth-order valence-corrected chi connectivity index (χ4v) is 1.19. The number of nitrogens with zero attached hydrogens (tertiary/aromatic N) is 3. The third-order valence-corrected chi connectivity index (χ3v) is 2.05. The average Bonchev–Trinajstić information content (AvgIpc) is 2.81. The van der Waals surface area contributed by atoms with Crippen molar-refractivity contribution in [2.45, 2.75) is 26.5 Å². The van der Waals surface area contributed by atoms with Gasteiger partial charge in [0.15, 0.2) is 5.69 Å². The minimum absolute atomic E-state index is 0.181. The molecule has 0 bridgehead atoms. The summed E-state index contributed by atoms with van der Waals surface area (Å²) in [6.45, 7) is 6.04. The van der Waals surface area contributed by atoms with Gasteiger partial charge in [0.2, 0.25) is 0 Å².